The van der Waals surface area contributed by atoms with Crippen LogP contribution in [0.25, 0.3) is 0 Å². The minimum Gasteiger partial charge on any atom is -0.462 e. The van der Waals surface area contributed by atoms with E-state index in [0.29, 0.717) is 38.5 Å². The Kier molecular flexibility index (Phi) is 24.9. The third-order valence-corrected chi connectivity index (χ3v) is 25.1. The van der Waals surface area contributed by atoms with Crippen LogP contribution in [0.5, 0.6) is 0 Å². The first-order valence-electron chi connectivity index (χ1n) is 36.0. The number of fused-ring (bicyclic) bond motifs is 4. The first-order chi connectivity index (χ1) is 48.1. The number of carbonyl (C=O) groups excluding carboxylic acids is 2. The normalized spacial score (nSPS) is 51.2. The number of cyclic esters (lactones) is 1. The second-order valence-corrected chi connectivity index (χ2v) is 31.9. The van der Waals surface area contributed by atoms with Crippen molar-refractivity contribution in [2.24, 2.45) is 45.3 Å². The molecule has 15 N–H and O–H groups in total. The van der Waals surface area contributed by atoms with E-state index in [4.69, 9.17) is 75.8 Å². The fraction of sp³-hybridized carbons (Fsp3) is 0.942. The van der Waals surface area contributed by atoms with Crippen molar-refractivity contribution in [3.63, 3.8) is 0 Å². The minimum atomic E-state index is -2.08. The Morgan fingerprint density at radius 2 is 1.02 bits per heavy atom. The van der Waals surface area contributed by atoms with Gasteiger partial charge in [-0.2, -0.15) is 0 Å². The summed E-state index contributed by atoms with van der Waals surface area (Å²) in [5.41, 5.74) is -1.87. The summed E-state index contributed by atoms with van der Waals surface area (Å²) in [6, 6.07) is 0. The van der Waals surface area contributed by atoms with Crippen LogP contribution in [-0.2, 0) is 85.4 Å². The maximum atomic E-state index is 14.8. The van der Waals surface area contributed by atoms with Gasteiger partial charge in [0.25, 0.3) is 0 Å². The summed E-state index contributed by atoms with van der Waals surface area (Å²) in [6.07, 6.45) is -42.3. The highest BCUT2D eigenvalue weighted by Crippen LogP contribution is 2.76. The van der Waals surface area contributed by atoms with E-state index in [9.17, 15) is 86.2 Å². The van der Waals surface area contributed by atoms with Crippen LogP contribution in [0.15, 0.2) is 11.6 Å². The second-order valence-electron chi connectivity index (χ2n) is 31.9. The molecular formula is C69H112O33. The Bertz CT molecular complexity index is 2860. The summed E-state index contributed by atoms with van der Waals surface area (Å²) in [4.78, 5) is 27.2. The molecule has 10 fully saturated rings. The summed E-state index contributed by atoms with van der Waals surface area (Å²) in [7, 11) is 2.37. The van der Waals surface area contributed by atoms with Crippen molar-refractivity contribution < 1.29 is 162 Å². The first kappa shape index (κ1) is 80.5. The molecule has 1 spiro atoms. The van der Waals surface area contributed by atoms with Gasteiger partial charge in [0.1, 0.15) is 146 Å². The zero-order valence-corrected chi connectivity index (χ0v) is 59.7. The molecule has 11 rings (SSSR count). The number of methoxy groups -OCH3 is 2. The Hall–Kier alpha value is -2.48. The zero-order valence-electron chi connectivity index (χ0n) is 59.7. The molecule has 7 heterocycles. The lowest BCUT2D eigenvalue weighted by Gasteiger charge is -2.64. The lowest BCUT2D eigenvalue weighted by Crippen LogP contribution is -2.67. The lowest BCUT2D eigenvalue weighted by molar-refractivity contribution is -0.397. The Balaban J connectivity index is 0.836. The minimum absolute atomic E-state index is 0.0312. The maximum Gasteiger partial charge on any atom is 0.313 e. The van der Waals surface area contributed by atoms with Gasteiger partial charge in [0, 0.05) is 38.9 Å². The molecule has 33 heteroatoms. The van der Waals surface area contributed by atoms with Gasteiger partial charge in [0.05, 0.1) is 50.7 Å². The molecule has 38 atom stereocenters. The molecule has 0 radical (unpaired) electrons. The average molecular weight is 1470 g/mol. The molecule has 11 aliphatic rings. The number of aliphatic hydroxyl groups is 15. The molecule has 102 heavy (non-hydrogen) atoms. The van der Waals surface area contributed by atoms with Crippen LogP contribution in [0.1, 0.15) is 120 Å². The SMILES string of the molecule is COC1C(O)C(CO)OC(OC2C(O)C(CO)OC(OC3COC(OC4CCC5(C)C6CCC78C(=O)OC(C)(CC(CC(C)C)OC(C)=O)C7CCC8(C)C6=CCC5C4(C)C)C(OC4OC(C)C(OC5OC(CO)C(O)C(OC6OC(CO)C(O)C(OC)C6O)C5O)C(O)C4O)C3O)C2O)C1O. The van der Waals surface area contributed by atoms with Crippen molar-refractivity contribution in [2.75, 3.05) is 47.3 Å². The summed E-state index contributed by atoms with van der Waals surface area (Å²) < 4.78 is 96.4. The molecule has 33 nitrogen and oxygen atoms in total. The highest BCUT2D eigenvalue weighted by molar-refractivity contribution is 5.83. The Labute approximate surface area is 592 Å². The van der Waals surface area contributed by atoms with Crippen molar-refractivity contribution >= 4 is 11.9 Å². The third kappa shape index (κ3) is 14.2. The van der Waals surface area contributed by atoms with Gasteiger partial charge in [0.15, 0.2) is 37.7 Å². The third-order valence-electron chi connectivity index (χ3n) is 25.1. The molecule has 0 aromatic rings. The molecule has 0 aromatic heterocycles. The van der Waals surface area contributed by atoms with E-state index in [-0.39, 0.29) is 41.0 Å². The molecule has 38 unspecified atom stereocenters. The van der Waals surface area contributed by atoms with Gasteiger partial charge in [-0.05, 0) is 93.8 Å². The number of carbonyl (C=O) groups is 2. The van der Waals surface area contributed by atoms with E-state index in [1.807, 2.05) is 6.92 Å². The van der Waals surface area contributed by atoms with E-state index in [1.54, 1.807) is 0 Å². The van der Waals surface area contributed by atoms with Crippen LogP contribution in [0.2, 0.25) is 0 Å². The smallest absolute Gasteiger partial charge is 0.313 e. The van der Waals surface area contributed by atoms with Gasteiger partial charge in [-0.25, -0.2) is 0 Å². The number of rotatable bonds is 23. The average Bonchev–Trinajstić information content (AvgIpc) is 1.47. The summed E-state index contributed by atoms with van der Waals surface area (Å²) in [5.74, 6) is -0.403. The number of esters is 2. The standard InChI is InChI=1S/C69H112O33/c1-27(2)20-30(91-29(4)74)21-68(9)39-15-18-67(8)32-12-13-38-65(5,6)40(16-17-66(38,7)31(32)14-19-69(39,67)64(86)102-68)97-63-57(45(79)37(26-89-63)96-59-50(84)55(43(77)35(24-72)92-59)99-60-48(82)53(87-10)41(75)33(22-70)93-60)101-58-47(81)46(80)52(28(3)90-58)98-62-51(85)56(44(78)36(25-73)95-62)100-61-49(83)54(88-11)42(76)34(23-71)94-61/h12,27-28,30-31,33-63,70-73,75-85H,13-26H2,1-11H3. The highest BCUT2D eigenvalue weighted by atomic mass is 16.8. The van der Waals surface area contributed by atoms with Gasteiger partial charge in [-0.3, -0.25) is 9.59 Å². The largest absolute Gasteiger partial charge is 0.462 e. The molecule has 3 saturated carbocycles. The fourth-order valence-electron chi connectivity index (χ4n) is 19.8. The number of hydrogen-bond donors (Lipinski definition) is 15. The van der Waals surface area contributed by atoms with E-state index in [2.05, 4.69) is 47.6 Å². The van der Waals surface area contributed by atoms with Crippen LogP contribution < -0.4 is 0 Å². The van der Waals surface area contributed by atoms with Crippen molar-refractivity contribution in [2.45, 2.75) is 316 Å². The maximum absolute atomic E-state index is 14.8. The van der Waals surface area contributed by atoms with E-state index < -0.39 is 245 Å². The van der Waals surface area contributed by atoms with Crippen molar-refractivity contribution in [3.05, 3.63) is 11.6 Å². The topological polar surface area (TPSA) is 485 Å². The zero-order chi connectivity index (χ0) is 74.4. The van der Waals surface area contributed by atoms with E-state index in [1.165, 1.54) is 33.6 Å². The monoisotopic (exact) mass is 1470 g/mol. The van der Waals surface area contributed by atoms with Gasteiger partial charge < -0.3 is 152 Å². The summed E-state index contributed by atoms with van der Waals surface area (Å²) in [6.45, 7) is 14.0. The molecule has 4 aliphatic carbocycles. The second kappa shape index (κ2) is 31.5. The van der Waals surface area contributed by atoms with Crippen LogP contribution in [0, 0.1) is 45.3 Å². The summed E-state index contributed by atoms with van der Waals surface area (Å²) in [5, 5.41) is 168. The van der Waals surface area contributed by atoms with Crippen LogP contribution >= 0.6 is 0 Å². The van der Waals surface area contributed by atoms with E-state index in [0.717, 1.165) is 19.3 Å². The predicted molar refractivity (Wildman–Crippen MR) is 341 cm³/mol. The van der Waals surface area contributed by atoms with Gasteiger partial charge in [-0.15, -0.1) is 0 Å². The fourth-order valence-corrected chi connectivity index (χ4v) is 19.8. The number of hydrogen-bond acceptors (Lipinski definition) is 33. The van der Waals surface area contributed by atoms with Crippen LogP contribution in [0.3, 0.4) is 0 Å². The van der Waals surface area contributed by atoms with E-state index >= 15 is 0 Å². The first-order valence-corrected chi connectivity index (χ1v) is 36.0. The van der Waals surface area contributed by atoms with Crippen molar-refractivity contribution in [1.29, 1.82) is 0 Å². The van der Waals surface area contributed by atoms with Crippen molar-refractivity contribution in [3.8, 4) is 0 Å². The quantitative estimate of drug-likeness (QED) is 0.0349. The molecule has 586 valence electrons. The Morgan fingerprint density at radius 1 is 0.539 bits per heavy atom. The van der Waals surface area contributed by atoms with Gasteiger partial charge in [-0.1, -0.05) is 53.2 Å². The molecule has 7 aliphatic heterocycles. The number of aliphatic hydroxyl groups excluding tert-OH is 15. The van der Waals surface area contributed by atoms with Gasteiger partial charge in [0.2, 0.25) is 0 Å². The van der Waals surface area contributed by atoms with Crippen molar-refractivity contribution in [1.82, 2.24) is 0 Å². The van der Waals surface area contributed by atoms with Crippen LogP contribution in [0.4, 0.5) is 0 Å². The molecular weight excluding hydrogens is 1360 g/mol. The Morgan fingerprint density at radius 3 is 1.52 bits per heavy atom. The summed E-state index contributed by atoms with van der Waals surface area (Å²) >= 11 is 0. The number of ether oxygens (including phenoxy) is 16. The number of allylic oxidation sites excluding steroid dienone is 2. The molecule has 7 saturated heterocycles. The lowest BCUT2D eigenvalue weighted by atomic mass is 9.41. The highest BCUT2D eigenvalue weighted by Gasteiger charge is 2.77. The van der Waals surface area contributed by atoms with Gasteiger partial charge >= 0.3 is 11.9 Å². The predicted octanol–water partition coefficient (Wildman–Crippen LogP) is -3.46. The molecule has 0 aromatic carbocycles. The van der Waals surface area contributed by atoms with Crippen LogP contribution in [-0.4, -0.2) is 332 Å². The molecule has 0 bridgehead atoms. The molecule has 0 amide bonds.